The van der Waals surface area contributed by atoms with Gasteiger partial charge in [-0.25, -0.2) is 0 Å². The van der Waals surface area contributed by atoms with E-state index in [1.807, 2.05) is 25.7 Å². The van der Waals surface area contributed by atoms with Crippen molar-refractivity contribution in [1.29, 1.82) is 0 Å². The molecular formula is C16H29NO3. The van der Waals surface area contributed by atoms with Gasteiger partial charge >= 0.3 is 5.97 Å². The van der Waals surface area contributed by atoms with Crippen LogP contribution in [0.5, 0.6) is 0 Å². The summed E-state index contributed by atoms with van der Waals surface area (Å²) in [6.07, 6.45) is 6.03. The van der Waals surface area contributed by atoms with E-state index in [-0.39, 0.29) is 11.9 Å². The summed E-state index contributed by atoms with van der Waals surface area (Å²) in [5, 5.41) is 0. The van der Waals surface area contributed by atoms with Gasteiger partial charge in [0.1, 0.15) is 0 Å². The van der Waals surface area contributed by atoms with Crippen LogP contribution in [0.4, 0.5) is 0 Å². The summed E-state index contributed by atoms with van der Waals surface area (Å²) in [5.41, 5.74) is -0.397. The zero-order chi connectivity index (χ0) is 15.2. The largest absolute Gasteiger partial charge is 0.466 e. The van der Waals surface area contributed by atoms with Gasteiger partial charge in [0.15, 0.2) is 0 Å². The van der Waals surface area contributed by atoms with E-state index in [0.717, 1.165) is 12.8 Å². The van der Waals surface area contributed by atoms with Crippen LogP contribution in [0, 0.1) is 5.41 Å². The smallest absolute Gasteiger partial charge is 0.307 e. The lowest BCUT2D eigenvalue weighted by molar-refractivity contribution is -0.147. The first-order valence-electron chi connectivity index (χ1n) is 7.83. The fourth-order valence-electron chi connectivity index (χ4n) is 2.72. The first-order valence-corrected chi connectivity index (χ1v) is 7.83. The Kier molecular flexibility index (Phi) is 6.50. The highest BCUT2D eigenvalue weighted by Gasteiger charge is 2.32. The number of rotatable bonds is 5. The van der Waals surface area contributed by atoms with E-state index in [1.54, 1.807) is 6.92 Å². The number of esters is 1. The minimum absolute atomic E-state index is 0.147. The van der Waals surface area contributed by atoms with Crippen LogP contribution >= 0.6 is 0 Å². The van der Waals surface area contributed by atoms with E-state index in [2.05, 4.69) is 0 Å². The van der Waals surface area contributed by atoms with Crippen molar-refractivity contribution in [2.45, 2.75) is 72.3 Å². The summed E-state index contributed by atoms with van der Waals surface area (Å²) < 4.78 is 4.97. The van der Waals surface area contributed by atoms with Crippen LogP contribution in [-0.4, -0.2) is 36.0 Å². The van der Waals surface area contributed by atoms with Crippen molar-refractivity contribution >= 4 is 11.9 Å². The summed E-state index contributed by atoms with van der Waals surface area (Å²) >= 11 is 0. The maximum Gasteiger partial charge on any atom is 0.307 e. The van der Waals surface area contributed by atoms with Crippen molar-refractivity contribution < 1.29 is 14.3 Å². The number of carbonyl (C=O) groups is 2. The number of ether oxygens (including phenoxy) is 1. The third-order valence-electron chi connectivity index (χ3n) is 3.78. The van der Waals surface area contributed by atoms with E-state index in [0.29, 0.717) is 25.6 Å². The molecule has 0 bridgehead atoms. The lowest BCUT2D eigenvalue weighted by Gasteiger charge is -2.38. The van der Waals surface area contributed by atoms with Gasteiger partial charge in [-0.3, -0.25) is 9.59 Å². The Morgan fingerprint density at radius 3 is 2.25 bits per heavy atom. The average molecular weight is 283 g/mol. The number of carbonyl (C=O) groups excluding carboxylic acids is 2. The van der Waals surface area contributed by atoms with Crippen LogP contribution in [0.15, 0.2) is 0 Å². The molecule has 0 saturated heterocycles. The molecule has 0 unspecified atom stereocenters. The molecule has 1 amide bonds. The Labute approximate surface area is 122 Å². The lowest BCUT2D eigenvalue weighted by atomic mass is 9.89. The van der Waals surface area contributed by atoms with E-state index < -0.39 is 5.41 Å². The first-order chi connectivity index (χ1) is 9.36. The quantitative estimate of drug-likeness (QED) is 0.728. The van der Waals surface area contributed by atoms with E-state index in [1.165, 1.54) is 19.3 Å². The van der Waals surface area contributed by atoms with Crippen molar-refractivity contribution in [3.05, 3.63) is 0 Å². The fourth-order valence-corrected chi connectivity index (χ4v) is 2.72. The third-order valence-corrected chi connectivity index (χ3v) is 3.78. The highest BCUT2D eigenvalue weighted by Crippen LogP contribution is 2.27. The molecule has 0 spiro atoms. The molecule has 0 aliphatic heterocycles. The second-order valence-electron chi connectivity index (χ2n) is 6.60. The molecular weight excluding hydrogens is 254 g/mol. The molecule has 1 aliphatic rings. The van der Waals surface area contributed by atoms with Gasteiger partial charge in [0, 0.05) is 18.0 Å². The molecule has 1 rings (SSSR count). The molecule has 4 heteroatoms. The van der Waals surface area contributed by atoms with Crippen molar-refractivity contribution in [1.82, 2.24) is 4.90 Å². The maximum absolute atomic E-state index is 12.6. The topological polar surface area (TPSA) is 46.6 Å². The predicted molar refractivity (Wildman–Crippen MR) is 79.3 cm³/mol. The standard InChI is InChI=1S/C16H29NO3/c1-5-20-14(18)11-12-17(15(19)16(2,3)4)13-9-7-6-8-10-13/h13H,5-12H2,1-4H3. The van der Waals surface area contributed by atoms with Crippen molar-refractivity contribution in [2.24, 2.45) is 5.41 Å². The summed E-state index contributed by atoms with van der Waals surface area (Å²) in [5.74, 6) is -0.0660. The fraction of sp³-hybridized carbons (Fsp3) is 0.875. The summed E-state index contributed by atoms with van der Waals surface area (Å²) in [7, 11) is 0. The van der Waals surface area contributed by atoms with E-state index in [9.17, 15) is 9.59 Å². The van der Waals surface area contributed by atoms with Gasteiger partial charge in [-0.05, 0) is 19.8 Å². The Hall–Kier alpha value is -1.06. The second-order valence-corrected chi connectivity index (χ2v) is 6.60. The van der Waals surface area contributed by atoms with Crippen LogP contribution < -0.4 is 0 Å². The van der Waals surface area contributed by atoms with Crippen LogP contribution in [0.3, 0.4) is 0 Å². The van der Waals surface area contributed by atoms with Gasteiger partial charge in [-0.15, -0.1) is 0 Å². The normalized spacial score (nSPS) is 16.8. The average Bonchev–Trinajstić information content (AvgIpc) is 2.39. The second kappa shape index (κ2) is 7.65. The van der Waals surface area contributed by atoms with Gasteiger partial charge in [-0.2, -0.15) is 0 Å². The van der Waals surface area contributed by atoms with Gasteiger partial charge in [0.05, 0.1) is 13.0 Å². The Morgan fingerprint density at radius 1 is 1.15 bits per heavy atom. The zero-order valence-electron chi connectivity index (χ0n) is 13.4. The van der Waals surface area contributed by atoms with Crippen molar-refractivity contribution in [2.75, 3.05) is 13.2 Å². The molecule has 0 heterocycles. The Bertz CT molecular complexity index is 327. The minimum Gasteiger partial charge on any atom is -0.466 e. The van der Waals surface area contributed by atoms with E-state index in [4.69, 9.17) is 4.74 Å². The van der Waals surface area contributed by atoms with Crippen molar-refractivity contribution in [3.8, 4) is 0 Å². The van der Waals surface area contributed by atoms with Crippen LogP contribution in [0.2, 0.25) is 0 Å². The molecule has 0 atom stereocenters. The molecule has 4 nitrogen and oxygen atoms in total. The molecule has 1 fully saturated rings. The Balaban J connectivity index is 2.68. The molecule has 116 valence electrons. The number of hydrogen-bond acceptors (Lipinski definition) is 3. The maximum atomic E-state index is 12.6. The van der Waals surface area contributed by atoms with E-state index >= 15 is 0 Å². The van der Waals surface area contributed by atoms with Gasteiger partial charge in [0.2, 0.25) is 5.91 Å². The molecule has 20 heavy (non-hydrogen) atoms. The molecule has 0 aromatic carbocycles. The molecule has 0 aromatic rings. The molecule has 0 radical (unpaired) electrons. The summed E-state index contributed by atoms with van der Waals surface area (Å²) in [6, 6.07) is 0.296. The monoisotopic (exact) mass is 283 g/mol. The molecule has 0 aromatic heterocycles. The van der Waals surface area contributed by atoms with Crippen LogP contribution in [0.25, 0.3) is 0 Å². The zero-order valence-corrected chi connectivity index (χ0v) is 13.4. The third kappa shape index (κ3) is 5.14. The minimum atomic E-state index is -0.397. The Morgan fingerprint density at radius 2 is 1.75 bits per heavy atom. The number of hydrogen-bond donors (Lipinski definition) is 0. The summed E-state index contributed by atoms with van der Waals surface area (Å²) in [4.78, 5) is 26.1. The van der Waals surface area contributed by atoms with Gasteiger partial charge in [-0.1, -0.05) is 40.0 Å². The highest BCUT2D eigenvalue weighted by molar-refractivity contribution is 5.82. The van der Waals surface area contributed by atoms with Crippen LogP contribution in [0.1, 0.15) is 66.2 Å². The SMILES string of the molecule is CCOC(=O)CCN(C(=O)C(C)(C)C)C1CCCCC1. The molecule has 1 aliphatic carbocycles. The predicted octanol–water partition coefficient (Wildman–Crippen LogP) is 3.15. The molecule has 0 N–H and O–H groups in total. The molecule has 1 saturated carbocycles. The first kappa shape index (κ1) is 17.0. The van der Waals surface area contributed by atoms with Crippen LogP contribution in [-0.2, 0) is 14.3 Å². The van der Waals surface area contributed by atoms with Crippen molar-refractivity contribution in [3.63, 3.8) is 0 Å². The lowest BCUT2D eigenvalue weighted by Crippen LogP contribution is -2.47. The highest BCUT2D eigenvalue weighted by atomic mass is 16.5. The number of amides is 1. The van der Waals surface area contributed by atoms with Gasteiger partial charge in [0.25, 0.3) is 0 Å². The number of nitrogens with zero attached hydrogens (tertiary/aromatic N) is 1. The summed E-state index contributed by atoms with van der Waals surface area (Å²) in [6.45, 7) is 8.51. The van der Waals surface area contributed by atoms with Gasteiger partial charge < -0.3 is 9.64 Å².